The van der Waals surface area contributed by atoms with Crippen molar-refractivity contribution in [1.82, 2.24) is 0 Å². The molecule has 3 N–H and O–H groups in total. The number of nitrogens with two attached hydrogens (primary N) is 1. The number of aromatic hydroxyl groups is 1. The van der Waals surface area contributed by atoms with Crippen LogP contribution in [0.25, 0.3) is 0 Å². The van der Waals surface area contributed by atoms with Gasteiger partial charge in [0.05, 0.1) is 4.92 Å². The maximum Gasteiger partial charge on any atom is 0.311 e. The van der Waals surface area contributed by atoms with Crippen LogP contribution in [-0.4, -0.2) is 23.2 Å². The average Bonchev–Trinajstić information content (AvgIpc) is 2.14. The van der Waals surface area contributed by atoms with Gasteiger partial charge in [0.25, 0.3) is 0 Å². The van der Waals surface area contributed by atoms with Crippen molar-refractivity contribution in [3.05, 3.63) is 28.3 Å². The first-order valence-electron chi connectivity index (χ1n) is 3.95. The minimum atomic E-state index is -0.578. The Bertz CT molecular complexity index is 340. The summed E-state index contributed by atoms with van der Waals surface area (Å²) in [4.78, 5) is 9.93. The fraction of sp³-hybridized carbons (Fsp3) is 0.250. The largest absolute Gasteiger partial charge is 0.508 e. The summed E-state index contributed by atoms with van der Waals surface area (Å²) in [5.41, 5.74) is 5.00. The summed E-state index contributed by atoms with van der Waals surface area (Å²) >= 11 is 0. The van der Waals surface area contributed by atoms with Crippen molar-refractivity contribution in [2.45, 2.75) is 0 Å². The van der Waals surface area contributed by atoms with Crippen molar-refractivity contribution in [3.8, 4) is 11.5 Å². The van der Waals surface area contributed by atoms with Crippen LogP contribution in [-0.2, 0) is 0 Å². The highest BCUT2D eigenvalue weighted by Gasteiger charge is 2.14. The molecule has 0 saturated heterocycles. The van der Waals surface area contributed by atoms with E-state index in [1.54, 1.807) is 0 Å². The van der Waals surface area contributed by atoms with Crippen molar-refractivity contribution in [1.29, 1.82) is 0 Å². The molecule has 1 aromatic carbocycles. The molecule has 0 bridgehead atoms. The number of rotatable bonds is 4. The average molecular weight is 198 g/mol. The van der Waals surface area contributed by atoms with E-state index in [1.807, 2.05) is 0 Å². The first kappa shape index (κ1) is 10.3. The molecule has 0 spiro atoms. The van der Waals surface area contributed by atoms with E-state index in [1.165, 1.54) is 18.2 Å². The maximum atomic E-state index is 10.5. The SMILES string of the molecule is NCCOc1cc(O)ccc1[N+](=O)[O-]. The summed E-state index contributed by atoms with van der Waals surface area (Å²) in [5, 5.41) is 19.6. The van der Waals surface area contributed by atoms with Crippen LogP contribution in [0, 0.1) is 10.1 Å². The molecule has 0 atom stereocenters. The standard InChI is InChI=1S/C8H10N2O4/c9-3-4-14-8-5-6(11)1-2-7(8)10(12)13/h1-2,5,11H,3-4,9H2. The Morgan fingerprint density at radius 3 is 2.86 bits per heavy atom. The number of hydrogen-bond donors (Lipinski definition) is 2. The van der Waals surface area contributed by atoms with Gasteiger partial charge in [-0.3, -0.25) is 10.1 Å². The summed E-state index contributed by atoms with van der Waals surface area (Å²) in [7, 11) is 0. The zero-order valence-electron chi connectivity index (χ0n) is 7.34. The van der Waals surface area contributed by atoms with Crippen LogP contribution in [0.1, 0.15) is 0 Å². The third-order valence-electron chi connectivity index (χ3n) is 1.52. The lowest BCUT2D eigenvalue weighted by molar-refractivity contribution is -0.385. The number of nitro benzene ring substituents is 1. The minimum absolute atomic E-state index is 0.0282. The highest BCUT2D eigenvalue weighted by molar-refractivity contribution is 5.50. The Labute approximate surface area is 80.1 Å². The third-order valence-corrected chi connectivity index (χ3v) is 1.52. The van der Waals surface area contributed by atoms with Crippen LogP contribution in [0.3, 0.4) is 0 Å². The van der Waals surface area contributed by atoms with E-state index in [2.05, 4.69) is 0 Å². The fourth-order valence-electron chi connectivity index (χ4n) is 0.938. The van der Waals surface area contributed by atoms with E-state index in [0.29, 0.717) is 0 Å². The van der Waals surface area contributed by atoms with Gasteiger partial charge in [0, 0.05) is 18.7 Å². The van der Waals surface area contributed by atoms with Crippen LogP contribution >= 0.6 is 0 Å². The molecule has 0 saturated carbocycles. The number of phenols is 1. The molecular formula is C8H10N2O4. The molecule has 6 nitrogen and oxygen atoms in total. The highest BCUT2D eigenvalue weighted by Crippen LogP contribution is 2.30. The Balaban J connectivity index is 2.97. The number of nitrogens with zero attached hydrogens (tertiary/aromatic N) is 1. The monoisotopic (exact) mass is 198 g/mol. The summed E-state index contributed by atoms with van der Waals surface area (Å²) in [6.07, 6.45) is 0. The van der Waals surface area contributed by atoms with Crippen LogP contribution in [0.4, 0.5) is 5.69 Å². The number of benzene rings is 1. The molecule has 0 aliphatic carbocycles. The first-order chi connectivity index (χ1) is 6.65. The van der Waals surface area contributed by atoms with Gasteiger partial charge in [-0.15, -0.1) is 0 Å². The normalized spacial score (nSPS) is 9.79. The lowest BCUT2D eigenvalue weighted by Gasteiger charge is -2.04. The number of phenolic OH excluding ortho intramolecular Hbond substituents is 1. The van der Waals surface area contributed by atoms with Crippen LogP contribution in [0.15, 0.2) is 18.2 Å². The third kappa shape index (κ3) is 2.33. The minimum Gasteiger partial charge on any atom is -0.508 e. The van der Waals surface area contributed by atoms with Gasteiger partial charge in [-0.1, -0.05) is 0 Å². The fourth-order valence-corrected chi connectivity index (χ4v) is 0.938. The van der Waals surface area contributed by atoms with Crippen molar-refractivity contribution in [2.24, 2.45) is 5.73 Å². The second kappa shape index (κ2) is 4.43. The van der Waals surface area contributed by atoms with E-state index in [9.17, 15) is 10.1 Å². The molecule has 1 aromatic rings. The second-order valence-corrected chi connectivity index (χ2v) is 2.55. The lowest BCUT2D eigenvalue weighted by Crippen LogP contribution is -2.11. The molecular weight excluding hydrogens is 188 g/mol. The van der Waals surface area contributed by atoms with E-state index in [-0.39, 0.29) is 30.3 Å². The predicted molar refractivity (Wildman–Crippen MR) is 49.3 cm³/mol. The van der Waals surface area contributed by atoms with Gasteiger partial charge < -0.3 is 15.6 Å². The van der Waals surface area contributed by atoms with E-state index in [4.69, 9.17) is 15.6 Å². The molecule has 76 valence electrons. The van der Waals surface area contributed by atoms with E-state index in [0.717, 1.165) is 0 Å². The van der Waals surface area contributed by atoms with Gasteiger partial charge in [0.2, 0.25) is 5.75 Å². The van der Waals surface area contributed by atoms with Gasteiger partial charge in [0.15, 0.2) is 0 Å². The van der Waals surface area contributed by atoms with Gasteiger partial charge in [-0.25, -0.2) is 0 Å². The van der Waals surface area contributed by atoms with Gasteiger partial charge in [-0.05, 0) is 6.07 Å². The molecule has 6 heteroatoms. The van der Waals surface area contributed by atoms with Gasteiger partial charge in [-0.2, -0.15) is 0 Å². The van der Waals surface area contributed by atoms with Crippen molar-refractivity contribution < 1.29 is 14.8 Å². The molecule has 0 heterocycles. The van der Waals surface area contributed by atoms with Crippen molar-refractivity contribution >= 4 is 5.69 Å². The smallest absolute Gasteiger partial charge is 0.311 e. The number of nitro groups is 1. The topological polar surface area (TPSA) is 98.6 Å². The summed E-state index contributed by atoms with van der Waals surface area (Å²) in [6.45, 7) is 0.428. The molecule has 0 aliphatic rings. The number of hydrogen-bond acceptors (Lipinski definition) is 5. The molecule has 14 heavy (non-hydrogen) atoms. The molecule has 0 aromatic heterocycles. The summed E-state index contributed by atoms with van der Waals surface area (Å²) in [5.74, 6) is -0.0527. The Hall–Kier alpha value is -1.82. The van der Waals surface area contributed by atoms with Crippen LogP contribution in [0.5, 0.6) is 11.5 Å². The molecule has 0 aliphatic heterocycles. The quantitative estimate of drug-likeness (QED) is 0.546. The van der Waals surface area contributed by atoms with Gasteiger partial charge in [0.1, 0.15) is 12.4 Å². The van der Waals surface area contributed by atoms with Crippen molar-refractivity contribution in [3.63, 3.8) is 0 Å². The molecule has 0 radical (unpaired) electrons. The zero-order valence-corrected chi connectivity index (χ0v) is 7.34. The highest BCUT2D eigenvalue weighted by atomic mass is 16.6. The Kier molecular flexibility index (Phi) is 3.24. The molecule has 0 unspecified atom stereocenters. The lowest BCUT2D eigenvalue weighted by atomic mass is 10.3. The van der Waals surface area contributed by atoms with Crippen LogP contribution in [0.2, 0.25) is 0 Å². The van der Waals surface area contributed by atoms with Crippen LogP contribution < -0.4 is 10.5 Å². The van der Waals surface area contributed by atoms with Crippen molar-refractivity contribution in [2.75, 3.05) is 13.2 Å². The summed E-state index contributed by atoms with van der Waals surface area (Å²) in [6, 6.07) is 3.60. The number of ether oxygens (including phenoxy) is 1. The van der Waals surface area contributed by atoms with Gasteiger partial charge >= 0.3 is 5.69 Å². The Morgan fingerprint density at radius 1 is 1.57 bits per heavy atom. The first-order valence-corrected chi connectivity index (χ1v) is 3.95. The summed E-state index contributed by atoms with van der Waals surface area (Å²) < 4.78 is 5.00. The van der Waals surface area contributed by atoms with E-state index >= 15 is 0 Å². The predicted octanol–water partition coefficient (Wildman–Crippen LogP) is 0.638. The molecule has 0 fully saturated rings. The van der Waals surface area contributed by atoms with E-state index < -0.39 is 4.92 Å². The zero-order chi connectivity index (χ0) is 10.6. The molecule has 0 amide bonds. The second-order valence-electron chi connectivity index (χ2n) is 2.55. The molecule has 1 rings (SSSR count). The Morgan fingerprint density at radius 2 is 2.29 bits per heavy atom. The maximum absolute atomic E-state index is 10.5.